The third kappa shape index (κ3) is 6.05. The fourth-order valence-corrected chi connectivity index (χ4v) is 6.82. The zero-order valence-electron chi connectivity index (χ0n) is 27.3. The maximum Gasteiger partial charge on any atom is 0.124 e. The number of pyridine rings is 2. The number of nitrogens with zero attached hydrogens (tertiary/aromatic N) is 3. The predicted octanol–water partition coefficient (Wildman–Crippen LogP) is 11.4. The van der Waals surface area contributed by atoms with Crippen LogP contribution < -0.4 is 0 Å². The van der Waals surface area contributed by atoms with Gasteiger partial charge in [-0.15, -0.1) is 24.3 Å². The van der Waals surface area contributed by atoms with Gasteiger partial charge in [0.15, 0.2) is 0 Å². The molecule has 51 heavy (non-hydrogen) atoms. The molecule has 0 spiro atoms. The maximum atomic E-state index is 10.7. The summed E-state index contributed by atoms with van der Waals surface area (Å²) >= 11 is 0. The van der Waals surface area contributed by atoms with Gasteiger partial charge in [-0.1, -0.05) is 114 Å². The molecule has 0 unspecified atom stereocenters. The molecular formula is C46H30N3OPt-. The zero-order valence-corrected chi connectivity index (χ0v) is 29.6. The summed E-state index contributed by atoms with van der Waals surface area (Å²) in [6.07, 6.45) is 1.87. The van der Waals surface area contributed by atoms with E-state index in [2.05, 4.69) is 114 Å². The Kier molecular flexibility index (Phi) is 8.61. The molecular weight excluding hydrogens is 806 g/mol. The van der Waals surface area contributed by atoms with Gasteiger partial charge in [-0.25, -0.2) is 0 Å². The van der Waals surface area contributed by atoms with E-state index in [1.165, 1.54) is 16.3 Å². The Balaban J connectivity index is 0.00000374. The fourth-order valence-electron chi connectivity index (χ4n) is 6.82. The van der Waals surface area contributed by atoms with Crippen LogP contribution in [0, 0.1) is 6.07 Å². The van der Waals surface area contributed by atoms with E-state index in [0.29, 0.717) is 11.3 Å². The zero-order chi connectivity index (χ0) is 33.4. The molecule has 246 valence electrons. The van der Waals surface area contributed by atoms with Crippen LogP contribution in [0.3, 0.4) is 0 Å². The smallest absolute Gasteiger partial charge is 0.124 e. The summed E-state index contributed by atoms with van der Waals surface area (Å²) in [5, 5.41) is 13.2. The van der Waals surface area contributed by atoms with Crippen molar-refractivity contribution in [3.05, 3.63) is 182 Å². The van der Waals surface area contributed by atoms with Gasteiger partial charge in [0, 0.05) is 60.7 Å². The van der Waals surface area contributed by atoms with Crippen LogP contribution in [0.4, 0.5) is 0 Å². The van der Waals surface area contributed by atoms with Crippen LogP contribution in [0.25, 0.3) is 83.5 Å². The van der Waals surface area contributed by atoms with Crippen LogP contribution in [0.5, 0.6) is 5.75 Å². The summed E-state index contributed by atoms with van der Waals surface area (Å²) in [4.78, 5) is 9.81. The minimum absolute atomic E-state index is 0. The number of fused-ring (bicyclic) bond motifs is 3. The molecule has 6 aromatic carbocycles. The van der Waals surface area contributed by atoms with E-state index in [0.717, 1.165) is 56.0 Å². The molecule has 0 saturated heterocycles. The number of hydrogen-bond acceptors (Lipinski definition) is 3. The molecule has 0 fully saturated rings. The van der Waals surface area contributed by atoms with Crippen molar-refractivity contribution >= 4 is 21.8 Å². The first-order chi connectivity index (χ1) is 24.7. The van der Waals surface area contributed by atoms with Crippen molar-refractivity contribution in [2.24, 2.45) is 0 Å². The topological polar surface area (TPSA) is 50.9 Å². The van der Waals surface area contributed by atoms with E-state index >= 15 is 0 Å². The third-order valence-electron chi connectivity index (χ3n) is 9.24. The van der Waals surface area contributed by atoms with Crippen molar-refractivity contribution < 1.29 is 26.2 Å². The number of rotatable bonds is 6. The van der Waals surface area contributed by atoms with E-state index < -0.39 is 0 Å². The van der Waals surface area contributed by atoms with Crippen molar-refractivity contribution in [3.8, 4) is 67.5 Å². The van der Waals surface area contributed by atoms with Crippen LogP contribution in [0.1, 0.15) is 0 Å². The van der Waals surface area contributed by atoms with Gasteiger partial charge in [0.2, 0.25) is 0 Å². The molecule has 5 heteroatoms. The number of aromatic nitrogens is 3. The number of phenolic OH excluding ortho intramolecular Hbond substituents is 1. The first kappa shape index (κ1) is 32.1. The number of benzene rings is 6. The second-order valence-electron chi connectivity index (χ2n) is 12.3. The third-order valence-corrected chi connectivity index (χ3v) is 9.24. The number of phenols is 1. The van der Waals surface area contributed by atoms with Gasteiger partial charge in [-0.05, 0) is 70.8 Å². The number of aromatic hydroxyl groups is 1. The van der Waals surface area contributed by atoms with Crippen molar-refractivity contribution in [3.63, 3.8) is 0 Å². The molecule has 4 nitrogen and oxygen atoms in total. The summed E-state index contributed by atoms with van der Waals surface area (Å²) in [5.41, 5.74) is 12.4. The van der Waals surface area contributed by atoms with Gasteiger partial charge in [0.05, 0.1) is 16.7 Å². The molecule has 0 atom stereocenters. The maximum absolute atomic E-state index is 10.7. The number of para-hydroxylation sites is 3. The molecule has 0 saturated carbocycles. The Morgan fingerprint density at radius 3 is 1.94 bits per heavy atom. The van der Waals surface area contributed by atoms with E-state index in [9.17, 15) is 5.11 Å². The molecule has 0 aliphatic rings. The molecule has 3 heterocycles. The van der Waals surface area contributed by atoms with Gasteiger partial charge in [0.25, 0.3) is 0 Å². The molecule has 3 aromatic heterocycles. The second kappa shape index (κ2) is 13.7. The molecule has 0 radical (unpaired) electrons. The average molecular weight is 836 g/mol. The minimum atomic E-state index is 0. The van der Waals surface area contributed by atoms with Crippen molar-refractivity contribution in [2.45, 2.75) is 0 Å². The van der Waals surface area contributed by atoms with Crippen LogP contribution in [0.2, 0.25) is 0 Å². The van der Waals surface area contributed by atoms with Crippen molar-refractivity contribution in [1.29, 1.82) is 0 Å². The first-order valence-corrected chi connectivity index (χ1v) is 16.6. The predicted molar refractivity (Wildman–Crippen MR) is 204 cm³/mol. The summed E-state index contributed by atoms with van der Waals surface area (Å²) in [5.74, 6) is 0.192. The summed E-state index contributed by atoms with van der Waals surface area (Å²) in [7, 11) is 0. The van der Waals surface area contributed by atoms with E-state index in [4.69, 9.17) is 9.97 Å². The van der Waals surface area contributed by atoms with Gasteiger partial charge in [-0.2, -0.15) is 0 Å². The Labute approximate surface area is 310 Å². The van der Waals surface area contributed by atoms with E-state index in [1.54, 1.807) is 6.07 Å². The monoisotopic (exact) mass is 835 g/mol. The molecule has 9 aromatic rings. The summed E-state index contributed by atoms with van der Waals surface area (Å²) in [6, 6.07) is 61.4. The van der Waals surface area contributed by atoms with E-state index in [-0.39, 0.29) is 26.8 Å². The van der Waals surface area contributed by atoms with Crippen LogP contribution >= 0.6 is 0 Å². The fraction of sp³-hybridized carbons (Fsp3) is 0. The standard InChI is InChI=1S/C46H30N3O.Pt/c50-46-21-10-8-19-40(46)43-29-36(31-12-3-1-4-13-31)28-42(48-43)35-15-11-14-34(26-35)41-27-33(24-25-47-41)32-22-23-39-38-18-7-9-20-44(38)49(45(39)30-32)37-16-5-2-6-17-37;/h1-25,27-30,50H;/q-1;. The SMILES string of the molecule is Oc1ccccc1-c1cc(-c2ccccc2)cc(-c2[c-]c(-c3cc(-c4ccc5c6ccccc6n(-c6ccccc6)c5c4)ccn3)ccc2)n1.[Pt]. The minimum Gasteiger partial charge on any atom is -0.507 e. The summed E-state index contributed by atoms with van der Waals surface area (Å²) < 4.78 is 2.34. The normalized spacial score (nSPS) is 11.1. The van der Waals surface area contributed by atoms with Gasteiger partial charge in [0.1, 0.15) is 5.75 Å². The van der Waals surface area contributed by atoms with Crippen molar-refractivity contribution in [1.82, 2.24) is 14.5 Å². The molecule has 0 aliphatic carbocycles. The van der Waals surface area contributed by atoms with E-state index in [1.807, 2.05) is 66.9 Å². The average Bonchev–Trinajstić information content (AvgIpc) is 3.52. The van der Waals surface area contributed by atoms with Gasteiger partial charge in [-0.3, -0.25) is 9.97 Å². The Hall–Kier alpha value is -6.09. The Morgan fingerprint density at radius 1 is 0.471 bits per heavy atom. The second-order valence-corrected chi connectivity index (χ2v) is 12.3. The van der Waals surface area contributed by atoms with Crippen molar-refractivity contribution in [2.75, 3.05) is 0 Å². The molecule has 0 aliphatic heterocycles. The summed E-state index contributed by atoms with van der Waals surface area (Å²) in [6.45, 7) is 0. The van der Waals surface area contributed by atoms with Crippen LogP contribution in [0.15, 0.2) is 176 Å². The van der Waals surface area contributed by atoms with Crippen LogP contribution in [-0.4, -0.2) is 19.6 Å². The number of hydrogen-bond donors (Lipinski definition) is 1. The molecule has 1 N–H and O–H groups in total. The Bertz CT molecular complexity index is 2670. The van der Waals surface area contributed by atoms with Crippen LogP contribution in [-0.2, 0) is 21.1 Å². The first-order valence-electron chi connectivity index (χ1n) is 16.6. The largest absolute Gasteiger partial charge is 0.507 e. The molecule has 0 amide bonds. The molecule has 0 bridgehead atoms. The molecule has 9 rings (SSSR count). The van der Waals surface area contributed by atoms with Gasteiger partial charge < -0.3 is 9.67 Å². The van der Waals surface area contributed by atoms with Gasteiger partial charge >= 0.3 is 0 Å². The quantitative estimate of drug-likeness (QED) is 0.170. The Morgan fingerprint density at radius 2 is 1.12 bits per heavy atom.